The molecule has 2 rings (SSSR count). The molecule has 0 amide bonds. The Bertz CT molecular complexity index is 455. The highest BCUT2D eigenvalue weighted by atomic mass is 79.9. The molecule has 0 radical (unpaired) electrons. The van der Waals surface area contributed by atoms with Crippen molar-refractivity contribution in [2.24, 2.45) is 0 Å². The van der Waals surface area contributed by atoms with Crippen molar-refractivity contribution in [3.05, 3.63) is 22.6 Å². The summed E-state index contributed by atoms with van der Waals surface area (Å²) in [6.45, 7) is 0. The number of ether oxygens (including phenoxy) is 1. The zero-order chi connectivity index (χ0) is 9.42. The van der Waals surface area contributed by atoms with Crippen LogP contribution in [0.15, 0.2) is 16.7 Å². The van der Waals surface area contributed by atoms with Crippen LogP contribution in [0.1, 0.15) is 0 Å². The number of aromatic amines is 1. The number of halogens is 2. The van der Waals surface area contributed by atoms with Crippen molar-refractivity contribution in [2.45, 2.75) is 0 Å². The van der Waals surface area contributed by atoms with Gasteiger partial charge in [-0.1, -0.05) is 0 Å². The van der Waals surface area contributed by atoms with Gasteiger partial charge in [-0.2, -0.15) is 5.10 Å². The first-order valence-electron chi connectivity index (χ1n) is 3.60. The van der Waals surface area contributed by atoms with Crippen LogP contribution in [-0.2, 0) is 0 Å². The van der Waals surface area contributed by atoms with E-state index in [1.807, 2.05) is 0 Å². The minimum atomic E-state index is -0.363. The van der Waals surface area contributed by atoms with Crippen molar-refractivity contribution < 1.29 is 9.13 Å². The number of methoxy groups -OCH3 is 1. The lowest BCUT2D eigenvalue weighted by atomic mass is 10.2. The second-order valence-corrected chi connectivity index (χ2v) is 3.30. The van der Waals surface area contributed by atoms with Crippen LogP contribution in [0.2, 0.25) is 0 Å². The molecule has 0 aliphatic carbocycles. The number of fused-ring (bicyclic) bond motifs is 1. The predicted octanol–water partition coefficient (Wildman–Crippen LogP) is 2.47. The van der Waals surface area contributed by atoms with Crippen LogP contribution in [0.5, 0.6) is 5.75 Å². The average molecular weight is 245 g/mol. The zero-order valence-electron chi connectivity index (χ0n) is 6.77. The molecule has 0 aliphatic heterocycles. The van der Waals surface area contributed by atoms with E-state index in [1.54, 1.807) is 6.07 Å². The fraction of sp³-hybridized carbons (Fsp3) is 0.125. The maximum Gasteiger partial charge on any atom is 0.151 e. The summed E-state index contributed by atoms with van der Waals surface area (Å²) in [7, 11) is 1.53. The van der Waals surface area contributed by atoms with E-state index in [0.717, 1.165) is 0 Å². The first kappa shape index (κ1) is 8.50. The molecule has 68 valence electrons. The standard InChI is InChI=1S/C8H6BrFN2O/c1-13-5-3-2-4(10)7-6(5)8(9)12-11-7/h2-3H,1H3,(H,11,12). The monoisotopic (exact) mass is 244 g/mol. The van der Waals surface area contributed by atoms with Crippen LogP contribution in [-0.4, -0.2) is 17.3 Å². The van der Waals surface area contributed by atoms with Gasteiger partial charge in [-0.3, -0.25) is 5.10 Å². The van der Waals surface area contributed by atoms with E-state index < -0.39 is 0 Å². The van der Waals surface area contributed by atoms with Gasteiger partial charge in [0.25, 0.3) is 0 Å². The molecule has 0 saturated heterocycles. The number of H-pyrrole nitrogens is 1. The maximum absolute atomic E-state index is 13.2. The van der Waals surface area contributed by atoms with E-state index in [9.17, 15) is 4.39 Å². The highest BCUT2D eigenvalue weighted by Crippen LogP contribution is 2.31. The lowest BCUT2D eigenvalue weighted by Gasteiger charge is -2.00. The molecule has 0 aliphatic rings. The Hall–Kier alpha value is -1.10. The van der Waals surface area contributed by atoms with Gasteiger partial charge < -0.3 is 4.74 Å². The third-order valence-electron chi connectivity index (χ3n) is 1.80. The number of hydrogen-bond acceptors (Lipinski definition) is 2. The SMILES string of the molecule is COc1ccc(F)c2n[nH]c(Br)c12. The average Bonchev–Trinajstić information content (AvgIpc) is 2.51. The lowest BCUT2D eigenvalue weighted by Crippen LogP contribution is -1.85. The Labute approximate surface area is 82.0 Å². The molecule has 3 nitrogen and oxygen atoms in total. The molecular weight excluding hydrogens is 239 g/mol. The van der Waals surface area contributed by atoms with Crippen LogP contribution < -0.4 is 4.74 Å². The smallest absolute Gasteiger partial charge is 0.151 e. The summed E-state index contributed by atoms with van der Waals surface area (Å²) in [4.78, 5) is 0. The van der Waals surface area contributed by atoms with Crippen molar-refractivity contribution in [1.82, 2.24) is 10.2 Å². The summed E-state index contributed by atoms with van der Waals surface area (Å²) < 4.78 is 18.8. The van der Waals surface area contributed by atoms with Gasteiger partial charge in [-0.05, 0) is 28.1 Å². The lowest BCUT2D eigenvalue weighted by molar-refractivity contribution is 0.419. The van der Waals surface area contributed by atoms with Gasteiger partial charge in [-0.15, -0.1) is 0 Å². The molecular formula is C8H6BrFN2O. The van der Waals surface area contributed by atoms with Crippen molar-refractivity contribution >= 4 is 26.8 Å². The van der Waals surface area contributed by atoms with E-state index >= 15 is 0 Å². The summed E-state index contributed by atoms with van der Waals surface area (Å²) in [5.74, 6) is 0.231. The number of benzene rings is 1. The van der Waals surface area contributed by atoms with Gasteiger partial charge >= 0.3 is 0 Å². The van der Waals surface area contributed by atoms with Gasteiger partial charge in [-0.25, -0.2) is 4.39 Å². The number of nitrogens with one attached hydrogen (secondary N) is 1. The van der Waals surface area contributed by atoms with Crippen LogP contribution in [0.3, 0.4) is 0 Å². The van der Waals surface area contributed by atoms with Crippen molar-refractivity contribution in [3.63, 3.8) is 0 Å². The normalized spacial score (nSPS) is 10.7. The van der Waals surface area contributed by atoms with E-state index in [4.69, 9.17) is 4.74 Å². The fourth-order valence-corrected chi connectivity index (χ4v) is 1.67. The Morgan fingerprint density at radius 3 is 3.00 bits per heavy atom. The van der Waals surface area contributed by atoms with Crippen molar-refractivity contribution in [1.29, 1.82) is 0 Å². The molecule has 1 heterocycles. The summed E-state index contributed by atoms with van der Waals surface area (Å²) in [6.07, 6.45) is 0. The van der Waals surface area contributed by atoms with Crippen LogP contribution in [0.4, 0.5) is 4.39 Å². The maximum atomic E-state index is 13.2. The molecule has 1 aromatic carbocycles. The van der Waals surface area contributed by atoms with Gasteiger partial charge in [0, 0.05) is 0 Å². The van der Waals surface area contributed by atoms with E-state index in [-0.39, 0.29) is 11.3 Å². The van der Waals surface area contributed by atoms with Crippen LogP contribution in [0, 0.1) is 5.82 Å². The summed E-state index contributed by atoms with van der Waals surface area (Å²) >= 11 is 3.23. The summed E-state index contributed by atoms with van der Waals surface area (Å²) in [5.41, 5.74) is 0.284. The fourth-order valence-electron chi connectivity index (χ4n) is 1.20. The molecule has 0 fully saturated rings. The van der Waals surface area contributed by atoms with Crippen molar-refractivity contribution in [2.75, 3.05) is 7.11 Å². The molecule has 0 saturated carbocycles. The second kappa shape index (κ2) is 2.99. The Balaban J connectivity index is 2.88. The molecule has 5 heteroatoms. The molecule has 2 aromatic rings. The van der Waals surface area contributed by atoms with Gasteiger partial charge in [0.2, 0.25) is 0 Å². The summed E-state index contributed by atoms with van der Waals surface area (Å²) in [5, 5.41) is 7.07. The van der Waals surface area contributed by atoms with Gasteiger partial charge in [0.05, 0.1) is 12.5 Å². The van der Waals surface area contributed by atoms with Crippen LogP contribution >= 0.6 is 15.9 Å². The minimum Gasteiger partial charge on any atom is -0.496 e. The number of nitrogens with zero attached hydrogens (tertiary/aromatic N) is 1. The molecule has 0 unspecified atom stereocenters. The zero-order valence-corrected chi connectivity index (χ0v) is 8.35. The van der Waals surface area contributed by atoms with Crippen molar-refractivity contribution in [3.8, 4) is 5.75 Å². The molecule has 0 atom stereocenters. The van der Waals surface area contributed by atoms with E-state index in [1.165, 1.54) is 13.2 Å². The first-order valence-corrected chi connectivity index (χ1v) is 4.39. The second-order valence-electron chi connectivity index (χ2n) is 2.51. The number of aromatic nitrogens is 2. The van der Waals surface area contributed by atoms with E-state index in [2.05, 4.69) is 26.1 Å². The quantitative estimate of drug-likeness (QED) is 0.837. The Morgan fingerprint density at radius 1 is 1.54 bits per heavy atom. The summed E-state index contributed by atoms with van der Waals surface area (Å²) in [6, 6.07) is 2.90. The topological polar surface area (TPSA) is 37.9 Å². The number of hydrogen-bond donors (Lipinski definition) is 1. The Kier molecular flexibility index (Phi) is 1.95. The van der Waals surface area contributed by atoms with Gasteiger partial charge in [0.15, 0.2) is 5.82 Å². The molecule has 0 bridgehead atoms. The molecule has 1 N–H and O–H groups in total. The third-order valence-corrected chi connectivity index (χ3v) is 2.37. The predicted molar refractivity (Wildman–Crippen MR) is 50.3 cm³/mol. The first-order chi connectivity index (χ1) is 6.24. The van der Waals surface area contributed by atoms with E-state index in [0.29, 0.717) is 15.7 Å². The third kappa shape index (κ3) is 1.19. The largest absolute Gasteiger partial charge is 0.496 e. The Morgan fingerprint density at radius 2 is 2.31 bits per heavy atom. The molecule has 1 aromatic heterocycles. The molecule has 13 heavy (non-hydrogen) atoms. The number of rotatable bonds is 1. The van der Waals surface area contributed by atoms with Crippen LogP contribution in [0.25, 0.3) is 10.9 Å². The highest BCUT2D eigenvalue weighted by molar-refractivity contribution is 9.10. The minimum absolute atomic E-state index is 0.284. The highest BCUT2D eigenvalue weighted by Gasteiger charge is 2.12. The van der Waals surface area contributed by atoms with Gasteiger partial charge in [0.1, 0.15) is 15.9 Å². The molecule has 0 spiro atoms.